The Balaban J connectivity index is 1.62. The Morgan fingerprint density at radius 2 is 2.45 bits per heavy atom. The molecule has 5 heteroatoms. The van der Waals surface area contributed by atoms with Crippen molar-refractivity contribution in [3.8, 4) is 0 Å². The third kappa shape index (κ3) is 5.50. The van der Waals surface area contributed by atoms with Crippen LogP contribution in [0.4, 0.5) is 0 Å². The summed E-state index contributed by atoms with van der Waals surface area (Å²) in [5.41, 5.74) is 0. The second kappa shape index (κ2) is 8.74. The first-order chi connectivity index (χ1) is 9.78. The molecule has 1 saturated heterocycles. The number of nitrogens with zero attached hydrogens (tertiary/aromatic N) is 1. The van der Waals surface area contributed by atoms with E-state index < -0.39 is 6.10 Å². The molecule has 2 heterocycles. The lowest BCUT2D eigenvalue weighted by molar-refractivity contribution is -0.000974. The number of hydrogen-bond donors (Lipinski definition) is 1. The zero-order chi connectivity index (χ0) is 14.2. The van der Waals surface area contributed by atoms with Gasteiger partial charge in [0.15, 0.2) is 0 Å². The van der Waals surface area contributed by atoms with Crippen LogP contribution in [0.2, 0.25) is 0 Å². The number of aliphatic hydroxyl groups is 1. The van der Waals surface area contributed by atoms with Crippen molar-refractivity contribution in [1.82, 2.24) is 4.90 Å². The minimum Gasteiger partial charge on any atom is -0.389 e. The van der Waals surface area contributed by atoms with Gasteiger partial charge in [-0.2, -0.15) is 0 Å². The predicted molar refractivity (Wildman–Crippen MR) is 81.0 cm³/mol. The third-order valence-corrected chi connectivity index (χ3v) is 4.46. The molecule has 0 radical (unpaired) electrons. The highest BCUT2D eigenvalue weighted by molar-refractivity contribution is 7.09. The van der Waals surface area contributed by atoms with Crippen LogP contribution in [0.3, 0.4) is 0 Å². The molecule has 0 bridgehead atoms. The molecule has 1 fully saturated rings. The number of thiophene rings is 1. The molecule has 0 amide bonds. The molecule has 0 saturated carbocycles. The van der Waals surface area contributed by atoms with Gasteiger partial charge < -0.3 is 19.5 Å². The number of aliphatic hydroxyl groups excluding tert-OH is 1. The van der Waals surface area contributed by atoms with Gasteiger partial charge in [0, 0.05) is 25.1 Å². The quantitative estimate of drug-likeness (QED) is 0.797. The van der Waals surface area contributed by atoms with Crippen LogP contribution in [0.25, 0.3) is 0 Å². The lowest BCUT2D eigenvalue weighted by Crippen LogP contribution is -2.42. The second-order valence-corrected chi connectivity index (χ2v) is 6.50. The van der Waals surface area contributed by atoms with E-state index in [0.717, 1.165) is 19.7 Å². The second-order valence-electron chi connectivity index (χ2n) is 5.47. The van der Waals surface area contributed by atoms with Crippen LogP contribution in [0.1, 0.15) is 17.7 Å². The summed E-state index contributed by atoms with van der Waals surface area (Å²) in [6, 6.07) is 4.07. The lowest BCUT2D eigenvalue weighted by atomic mass is 9.99. The Hall–Kier alpha value is -0.460. The van der Waals surface area contributed by atoms with Crippen molar-refractivity contribution < 1.29 is 14.6 Å². The van der Waals surface area contributed by atoms with E-state index in [0.29, 0.717) is 25.7 Å². The van der Waals surface area contributed by atoms with E-state index in [1.165, 1.54) is 17.7 Å². The summed E-state index contributed by atoms with van der Waals surface area (Å²) in [5, 5.41) is 12.1. The molecule has 2 rings (SSSR count). The van der Waals surface area contributed by atoms with Gasteiger partial charge in [0.2, 0.25) is 0 Å². The van der Waals surface area contributed by atoms with E-state index >= 15 is 0 Å². The van der Waals surface area contributed by atoms with Gasteiger partial charge in [-0.05, 0) is 36.8 Å². The minimum atomic E-state index is -0.406. The Morgan fingerprint density at radius 3 is 3.20 bits per heavy atom. The summed E-state index contributed by atoms with van der Waals surface area (Å²) >= 11 is 1.69. The van der Waals surface area contributed by atoms with E-state index in [2.05, 4.69) is 11.0 Å². The number of methoxy groups -OCH3 is 1. The largest absolute Gasteiger partial charge is 0.389 e. The van der Waals surface area contributed by atoms with Gasteiger partial charge >= 0.3 is 0 Å². The minimum absolute atomic E-state index is 0.406. The Labute approximate surface area is 125 Å². The van der Waals surface area contributed by atoms with Crippen LogP contribution in [0.5, 0.6) is 0 Å². The zero-order valence-electron chi connectivity index (χ0n) is 12.2. The predicted octanol–water partition coefficient (Wildman–Crippen LogP) is 1.98. The molecule has 114 valence electrons. The molecule has 2 atom stereocenters. The number of piperidine rings is 1. The molecule has 1 aromatic heterocycles. The summed E-state index contributed by atoms with van der Waals surface area (Å²) in [5.74, 6) is 0.605. The van der Waals surface area contributed by atoms with Crippen molar-refractivity contribution in [1.29, 1.82) is 0 Å². The monoisotopic (exact) mass is 299 g/mol. The first-order valence-electron chi connectivity index (χ1n) is 7.27. The molecule has 2 unspecified atom stereocenters. The molecule has 0 aromatic carbocycles. The SMILES string of the molecule is COCC1CCCN(CC(O)COCc2cccs2)C1. The first-order valence-corrected chi connectivity index (χ1v) is 8.15. The van der Waals surface area contributed by atoms with Gasteiger partial charge in [0.05, 0.1) is 25.9 Å². The van der Waals surface area contributed by atoms with Crippen LogP contribution >= 0.6 is 11.3 Å². The molecule has 1 aliphatic heterocycles. The van der Waals surface area contributed by atoms with Crippen LogP contribution in [-0.2, 0) is 16.1 Å². The van der Waals surface area contributed by atoms with E-state index in [1.807, 2.05) is 11.4 Å². The Kier molecular flexibility index (Phi) is 6.96. The number of hydrogen-bond acceptors (Lipinski definition) is 5. The topological polar surface area (TPSA) is 41.9 Å². The van der Waals surface area contributed by atoms with Gasteiger partial charge in [0.1, 0.15) is 0 Å². The highest BCUT2D eigenvalue weighted by atomic mass is 32.1. The van der Waals surface area contributed by atoms with Gasteiger partial charge in [0.25, 0.3) is 0 Å². The fourth-order valence-corrected chi connectivity index (χ4v) is 3.37. The van der Waals surface area contributed by atoms with E-state index in [1.54, 1.807) is 18.4 Å². The highest BCUT2D eigenvalue weighted by Crippen LogP contribution is 2.17. The first kappa shape index (κ1) is 15.9. The summed E-state index contributed by atoms with van der Waals surface area (Å²) in [6.45, 7) is 4.62. The maximum atomic E-state index is 10.1. The van der Waals surface area contributed by atoms with Gasteiger partial charge in [-0.3, -0.25) is 0 Å². The Bertz CT molecular complexity index is 356. The molecule has 1 aromatic rings. The number of rotatable bonds is 8. The number of ether oxygens (including phenoxy) is 2. The average Bonchev–Trinajstić information content (AvgIpc) is 2.93. The molecular weight excluding hydrogens is 274 g/mol. The third-order valence-electron chi connectivity index (χ3n) is 3.61. The lowest BCUT2D eigenvalue weighted by Gasteiger charge is -2.33. The summed E-state index contributed by atoms with van der Waals surface area (Å²) in [6.07, 6.45) is 2.02. The van der Waals surface area contributed by atoms with Crippen molar-refractivity contribution in [3.63, 3.8) is 0 Å². The van der Waals surface area contributed by atoms with Crippen LogP contribution < -0.4 is 0 Å². The average molecular weight is 299 g/mol. The summed E-state index contributed by atoms with van der Waals surface area (Å²) in [4.78, 5) is 3.53. The van der Waals surface area contributed by atoms with Crippen molar-refractivity contribution >= 4 is 11.3 Å². The van der Waals surface area contributed by atoms with Crippen LogP contribution in [-0.4, -0.2) is 56.1 Å². The van der Waals surface area contributed by atoms with E-state index in [4.69, 9.17) is 9.47 Å². The summed E-state index contributed by atoms with van der Waals surface area (Å²) in [7, 11) is 1.76. The van der Waals surface area contributed by atoms with Crippen LogP contribution in [0, 0.1) is 5.92 Å². The van der Waals surface area contributed by atoms with Crippen molar-refractivity contribution in [2.75, 3.05) is 40.0 Å². The molecule has 0 aliphatic carbocycles. The zero-order valence-corrected chi connectivity index (χ0v) is 13.0. The molecule has 1 N–H and O–H groups in total. The number of likely N-dealkylation sites (tertiary alicyclic amines) is 1. The molecule has 4 nitrogen and oxygen atoms in total. The fourth-order valence-electron chi connectivity index (χ4n) is 2.73. The molecule has 1 aliphatic rings. The van der Waals surface area contributed by atoms with Crippen LogP contribution in [0.15, 0.2) is 17.5 Å². The molecule has 20 heavy (non-hydrogen) atoms. The summed E-state index contributed by atoms with van der Waals surface area (Å²) < 4.78 is 10.8. The smallest absolute Gasteiger partial charge is 0.0900 e. The maximum Gasteiger partial charge on any atom is 0.0900 e. The standard InChI is InChI=1S/C15H25NO3S/c1-18-10-13-4-2-6-16(8-13)9-14(17)11-19-12-15-5-3-7-20-15/h3,5,7,13-14,17H,2,4,6,8-12H2,1H3. The maximum absolute atomic E-state index is 10.1. The highest BCUT2D eigenvalue weighted by Gasteiger charge is 2.21. The van der Waals surface area contributed by atoms with Crippen molar-refractivity contribution in [3.05, 3.63) is 22.4 Å². The molecular formula is C15H25NO3S. The van der Waals surface area contributed by atoms with E-state index in [-0.39, 0.29) is 0 Å². The van der Waals surface area contributed by atoms with Gasteiger partial charge in [-0.15, -0.1) is 11.3 Å². The van der Waals surface area contributed by atoms with Gasteiger partial charge in [-0.1, -0.05) is 6.07 Å². The van der Waals surface area contributed by atoms with E-state index in [9.17, 15) is 5.11 Å². The fraction of sp³-hybridized carbons (Fsp3) is 0.733. The van der Waals surface area contributed by atoms with Gasteiger partial charge in [-0.25, -0.2) is 0 Å². The van der Waals surface area contributed by atoms with Crippen molar-refractivity contribution in [2.24, 2.45) is 5.92 Å². The normalized spacial score (nSPS) is 22.0. The molecule has 0 spiro atoms. The van der Waals surface area contributed by atoms with Crippen molar-refractivity contribution in [2.45, 2.75) is 25.6 Å². The Morgan fingerprint density at radius 1 is 1.55 bits per heavy atom. The number of β-amino-alcohol motifs (C(OH)–C–C–N with tert-alkyl or cyclic N) is 1.